The van der Waals surface area contributed by atoms with Crippen LogP contribution < -0.4 is 16.0 Å². The largest absolute Gasteiger partial charge is 0.382 e. The van der Waals surface area contributed by atoms with Gasteiger partial charge >= 0.3 is 0 Å². The van der Waals surface area contributed by atoms with Crippen molar-refractivity contribution in [2.75, 3.05) is 22.9 Å². The van der Waals surface area contributed by atoms with Gasteiger partial charge in [-0.05, 0) is 50.9 Å². The Labute approximate surface area is 130 Å². The molecule has 2 heterocycles. The van der Waals surface area contributed by atoms with Crippen molar-refractivity contribution in [3.05, 3.63) is 18.2 Å². The van der Waals surface area contributed by atoms with Crippen LogP contribution in [-0.4, -0.2) is 30.3 Å². The van der Waals surface area contributed by atoms with Crippen molar-refractivity contribution in [3.8, 4) is 0 Å². The average molecular weight is 305 g/mol. The van der Waals surface area contributed by atoms with Crippen molar-refractivity contribution in [1.29, 1.82) is 0 Å². The van der Waals surface area contributed by atoms with Crippen molar-refractivity contribution < 1.29 is 4.79 Å². The minimum Gasteiger partial charge on any atom is -0.382 e. The zero-order valence-corrected chi connectivity index (χ0v) is 13.3. The molecule has 3 N–H and O–H groups in total. The van der Waals surface area contributed by atoms with Gasteiger partial charge in [-0.2, -0.15) is 0 Å². The standard InChI is InChI=1S/C16H23N3OS/c1-11(8-12-4-2-3-7-17-12)18-13-5-6-15-14(9-13)19-16(20)10-21-15/h5-6,9,11-12,17-18H,2-4,7-8,10H2,1H3,(H,19,20). The second-order valence-corrected chi connectivity index (χ2v) is 6.99. The van der Waals surface area contributed by atoms with Crippen molar-refractivity contribution in [3.63, 3.8) is 0 Å². The molecule has 1 amide bonds. The fourth-order valence-corrected chi connectivity index (χ4v) is 3.86. The summed E-state index contributed by atoms with van der Waals surface area (Å²) < 4.78 is 0. The van der Waals surface area contributed by atoms with Crippen LogP contribution in [0.1, 0.15) is 32.6 Å². The van der Waals surface area contributed by atoms with E-state index < -0.39 is 0 Å². The number of rotatable bonds is 4. The summed E-state index contributed by atoms with van der Waals surface area (Å²) in [6, 6.07) is 7.30. The Kier molecular flexibility index (Phi) is 4.70. The summed E-state index contributed by atoms with van der Waals surface area (Å²) in [4.78, 5) is 12.6. The number of carbonyl (C=O) groups is 1. The molecule has 1 aromatic rings. The molecule has 0 bridgehead atoms. The molecule has 2 aliphatic heterocycles. The first kappa shape index (κ1) is 14.7. The van der Waals surface area contributed by atoms with Gasteiger partial charge in [0.15, 0.2) is 0 Å². The zero-order chi connectivity index (χ0) is 14.7. The third-order valence-electron chi connectivity index (χ3n) is 4.08. The van der Waals surface area contributed by atoms with Gasteiger partial charge in [0.1, 0.15) is 0 Å². The number of hydrogen-bond donors (Lipinski definition) is 3. The summed E-state index contributed by atoms with van der Waals surface area (Å²) in [7, 11) is 0. The molecular weight excluding hydrogens is 282 g/mol. The van der Waals surface area contributed by atoms with E-state index in [9.17, 15) is 4.79 Å². The van der Waals surface area contributed by atoms with Crippen LogP contribution in [0, 0.1) is 0 Å². The molecule has 2 unspecified atom stereocenters. The van der Waals surface area contributed by atoms with Crippen molar-refractivity contribution in [2.45, 2.75) is 49.6 Å². The maximum Gasteiger partial charge on any atom is 0.234 e. The summed E-state index contributed by atoms with van der Waals surface area (Å²) in [5, 5.41) is 10.1. The molecule has 0 radical (unpaired) electrons. The van der Waals surface area contributed by atoms with Crippen molar-refractivity contribution in [1.82, 2.24) is 5.32 Å². The van der Waals surface area contributed by atoms with Gasteiger partial charge in [-0.1, -0.05) is 6.42 Å². The van der Waals surface area contributed by atoms with Gasteiger partial charge in [0.25, 0.3) is 0 Å². The molecule has 0 saturated carbocycles. The van der Waals surface area contributed by atoms with E-state index in [2.05, 4.69) is 35.0 Å². The normalized spacial score (nSPS) is 23.1. The van der Waals surface area contributed by atoms with Gasteiger partial charge in [-0.25, -0.2) is 0 Å². The van der Waals surface area contributed by atoms with Gasteiger partial charge in [0.2, 0.25) is 5.91 Å². The Morgan fingerprint density at radius 1 is 1.43 bits per heavy atom. The minimum absolute atomic E-state index is 0.0871. The van der Waals surface area contributed by atoms with Crippen LogP contribution in [0.4, 0.5) is 11.4 Å². The average Bonchev–Trinajstić information content (AvgIpc) is 2.47. The molecule has 0 spiro atoms. The summed E-state index contributed by atoms with van der Waals surface area (Å²) in [5.41, 5.74) is 2.02. The Bertz CT molecular complexity index is 514. The predicted octanol–water partition coefficient (Wildman–Crippen LogP) is 3.06. The number of piperidine rings is 1. The molecule has 1 aromatic carbocycles. The van der Waals surface area contributed by atoms with E-state index in [1.54, 1.807) is 11.8 Å². The van der Waals surface area contributed by atoms with E-state index in [0.29, 0.717) is 17.8 Å². The highest BCUT2D eigenvalue weighted by molar-refractivity contribution is 8.00. The Hall–Kier alpha value is -1.20. The van der Waals surface area contributed by atoms with E-state index in [1.807, 2.05) is 6.07 Å². The van der Waals surface area contributed by atoms with Crippen LogP contribution in [0.2, 0.25) is 0 Å². The topological polar surface area (TPSA) is 53.2 Å². The van der Waals surface area contributed by atoms with Gasteiger partial charge in [-0.3, -0.25) is 4.79 Å². The minimum atomic E-state index is 0.0871. The fraction of sp³-hybridized carbons (Fsp3) is 0.562. The molecular formula is C16H23N3OS. The van der Waals surface area contributed by atoms with Crippen LogP contribution in [-0.2, 0) is 4.79 Å². The lowest BCUT2D eigenvalue weighted by atomic mass is 9.98. The molecule has 4 nitrogen and oxygen atoms in total. The molecule has 21 heavy (non-hydrogen) atoms. The maximum absolute atomic E-state index is 11.5. The molecule has 114 valence electrons. The Morgan fingerprint density at radius 2 is 2.33 bits per heavy atom. The van der Waals surface area contributed by atoms with Crippen LogP contribution >= 0.6 is 11.8 Å². The van der Waals surface area contributed by atoms with E-state index in [1.165, 1.54) is 19.3 Å². The third-order valence-corrected chi connectivity index (χ3v) is 5.15. The lowest BCUT2D eigenvalue weighted by Crippen LogP contribution is -2.37. The third kappa shape index (κ3) is 3.92. The van der Waals surface area contributed by atoms with Gasteiger partial charge < -0.3 is 16.0 Å². The molecule has 1 saturated heterocycles. The van der Waals surface area contributed by atoms with E-state index in [4.69, 9.17) is 0 Å². The Balaban J connectivity index is 1.59. The number of benzene rings is 1. The van der Waals surface area contributed by atoms with Crippen molar-refractivity contribution in [2.24, 2.45) is 0 Å². The van der Waals surface area contributed by atoms with Gasteiger partial charge in [0.05, 0.1) is 11.4 Å². The van der Waals surface area contributed by atoms with Gasteiger partial charge in [0, 0.05) is 22.7 Å². The second-order valence-electron chi connectivity index (χ2n) is 5.98. The highest BCUT2D eigenvalue weighted by Crippen LogP contribution is 2.33. The predicted molar refractivity (Wildman–Crippen MR) is 89.1 cm³/mol. The van der Waals surface area contributed by atoms with E-state index >= 15 is 0 Å². The number of nitrogens with one attached hydrogen (secondary N) is 3. The van der Waals surface area contributed by atoms with Crippen LogP contribution in [0.25, 0.3) is 0 Å². The number of carbonyl (C=O) groups excluding carboxylic acids is 1. The second kappa shape index (κ2) is 6.71. The lowest BCUT2D eigenvalue weighted by molar-refractivity contribution is -0.113. The fourth-order valence-electron chi connectivity index (χ4n) is 3.07. The van der Waals surface area contributed by atoms with E-state index in [0.717, 1.165) is 29.2 Å². The molecule has 0 aromatic heterocycles. The molecule has 1 fully saturated rings. The summed E-state index contributed by atoms with van der Waals surface area (Å²) in [6.45, 7) is 3.38. The SMILES string of the molecule is CC(CC1CCCCN1)Nc1ccc2c(c1)NC(=O)CS2. The number of anilines is 2. The maximum atomic E-state index is 11.5. The first-order valence-corrected chi connectivity index (χ1v) is 8.76. The van der Waals surface area contributed by atoms with E-state index in [-0.39, 0.29) is 5.91 Å². The van der Waals surface area contributed by atoms with Gasteiger partial charge in [-0.15, -0.1) is 11.8 Å². The first-order valence-electron chi connectivity index (χ1n) is 7.77. The molecule has 5 heteroatoms. The molecule has 3 rings (SSSR count). The highest BCUT2D eigenvalue weighted by Gasteiger charge is 2.18. The summed E-state index contributed by atoms with van der Waals surface area (Å²) in [6.07, 6.45) is 5.06. The smallest absolute Gasteiger partial charge is 0.234 e. The zero-order valence-electron chi connectivity index (χ0n) is 12.4. The van der Waals surface area contributed by atoms with Crippen LogP contribution in [0.5, 0.6) is 0 Å². The van der Waals surface area contributed by atoms with Crippen LogP contribution in [0.15, 0.2) is 23.1 Å². The molecule has 0 aliphatic carbocycles. The number of fused-ring (bicyclic) bond motifs is 1. The quantitative estimate of drug-likeness (QED) is 0.800. The Morgan fingerprint density at radius 3 is 3.14 bits per heavy atom. The lowest BCUT2D eigenvalue weighted by Gasteiger charge is -2.27. The first-order chi connectivity index (χ1) is 10.2. The highest BCUT2D eigenvalue weighted by atomic mass is 32.2. The number of amides is 1. The monoisotopic (exact) mass is 305 g/mol. The van der Waals surface area contributed by atoms with Crippen molar-refractivity contribution >= 4 is 29.0 Å². The number of thioether (sulfide) groups is 1. The molecule has 2 atom stereocenters. The van der Waals surface area contributed by atoms with Crippen LogP contribution in [0.3, 0.4) is 0 Å². The summed E-state index contributed by atoms with van der Waals surface area (Å²) >= 11 is 1.60. The summed E-state index contributed by atoms with van der Waals surface area (Å²) in [5.74, 6) is 0.605. The molecule has 2 aliphatic rings. The number of hydrogen-bond acceptors (Lipinski definition) is 4.